The van der Waals surface area contributed by atoms with Gasteiger partial charge >= 0.3 is 10.2 Å². The summed E-state index contributed by atoms with van der Waals surface area (Å²) in [4.78, 5) is 3.55. The second kappa shape index (κ2) is 10.5. The van der Waals surface area contributed by atoms with Gasteiger partial charge in [-0.15, -0.1) is 18.1 Å². The first kappa shape index (κ1) is 34.3. The van der Waals surface area contributed by atoms with E-state index in [1.807, 2.05) is 0 Å². The smallest absolute Gasteiger partial charge is 0.310 e. The molecule has 6 rings (SSSR count). The normalized spacial score (nSPS) is 26.7. The Morgan fingerprint density at radius 1 is 0.891 bits per heavy atom. The van der Waals surface area contributed by atoms with Gasteiger partial charge in [0.25, 0.3) is 0 Å². The minimum Gasteiger partial charge on any atom is -0.559 e. The monoisotopic (exact) mass is 689 g/mol. The van der Waals surface area contributed by atoms with E-state index in [-0.39, 0.29) is 22.5 Å². The molecule has 259 valence electrons. The molecule has 12 heteroatoms. The molecule has 5 nitrogen and oxygen atoms in total. The van der Waals surface area contributed by atoms with Crippen molar-refractivity contribution in [3.63, 3.8) is 0 Å². The SMILES string of the molecule is CC1(C)Cc2nc(C3CCOCC3)c3c(c2[C@@H](O[Si-](C)(C)C(C)(C)C)C1)C1(CCOCC1)O[C@@H]3c1ccc(S(F)(F)(F)(F)F)cc1. The summed E-state index contributed by atoms with van der Waals surface area (Å²) in [6.45, 7) is 17.8. The van der Waals surface area contributed by atoms with Crippen molar-refractivity contribution >= 4 is 18.5 Å². The van der Waals surface area contributed by atoms with E-state index in [9.17, 15) is 19.4 Å². The fraction of sp³-hybridized carbons (Fsp3) is 0.676. The standard InChI is InChI=1S/C34H48F5NO4SSi/c1-32(2,3)46(6,7)44-26-21-33(4,5)20-25-27(26)29-28(30(40-25)22-12-16-41-17-13-22)31(43-34(29)14-18-42-19-15-34)23-8-10-24(11-9-23)45(35,36,37,38)39/h8-11,22,26,31H,12-21H2,1-7H3/q-1/t26-,31+/m0/s1. The second-order valence-electron chi connectivity index (χ2n) is 16.1. The topological polar surface area (TPSA) is 49.8 Å². The van der Waals surface area contributed by atoms with Gasteiger partial charge in [-0.05, 0) is 62.7 Å². The molecule has 0 radical (unpaired) electrons. The molecule has 2 saturated heterocycles. The van der Waals surface area contributed by atoms with Crippen LogP contribution in [0.3, 0.4) is 0 Å². The summed E-state index contributed by atoms with van der Waals surface area (Å²) in [5.41, 5.74) is 4.45. The van der Waals surface area contributed by atoms with Crippen LogP contribution >= 0.6 is 10.2 Å². The number of hydrogen-bond donors (Lipinski definition) is 0. The fourth-order valence-electron chi connectivity index (χ4n) is 7.51. The lowest BCUT2D eigenvalue weighted by molar-refractivity contribution is -0.122. The van der Waals surface area contributed by atoms with Crippen LogP contribution in [0.2, 0.25) is 18.1 Å². The third kappa shape index (κ3) is 6.31. The maximum atomic E-state index is 13.7. The molecule has 4 heterocycles. The maximum Gasteiger partial charge on any atom is 0.310 e. The Kier molecular flexibility index (Phi) is 7.80. The zero-order valence-electron chi connectivity index (χ0n) is 28.0. The first-order valence-corrected chi connectivity index (χ1v) is 21.3. The van der Waals surface area contributed by atoms with Crippen molar-refractivity contribution in [1.29, 1.82) is 0 Å². The van der Waals surface area contributed by atoms with Gasteiger partial charge in [0.05, 0.1) is 11.3 Å². The van der Waals surface area contributed by atoms with Gasteiger partial charge in [0.1, 0.15) is 11.0 Å². The van der Waals surface area contributed by atoms with Gasteiger partial charge in [0.2, 0.25) is 0 Å². The van der Waals surface area contributed by atoms with Crippen LogP contribution < -0.4 is 0 Å². The molecule has 0 N–H and O–H groups in total. The number of benzene rings is 1. The van der Waals surface area contributed by atoms with E-state index >= 15 is 0 Å². The number of hydrogen-bond acceptors (Lipinski definition) is 5. The van der Waals surface area contributed by atoms with Crippen LogP contribution in [0.5, 0.6) is 0 Å². The number of nitrogens with zero attached hydrogens (tertiary/aromatic N) is 1. The highest BCUT2D eigenvalue weighted by atomic mass is 32.5. The zero-order chi connectivity index (χ0) is 33.6. The molecule has 0 bridgehead atoms. The quantitative estimate of drug-likeness (QED) is 0.231. The fourth-order valence-corrected chi connectivity index (χ4v) is 9.43. The van der Waals surface area contributed by atoms with Crippen LogP contribution in [-0.2, 0) is 30.7 Å². The van der Waals surface area contributed by atoms with Crippen molar-refractivity contribution in [3.8, 4) is 0 Å². The number of halogens is 5. The van der Waals surface area contributed by atoms with Gasteiger partial charge in [-0.1, -0.05) is 66.2 Å². The van der Waals surface area contributed by atoms with Crippen molar-refractivity contribution in [1.82, 2.24) is 4.98 Å². The Labute approximate surface area is 270 Å². The minimum atomic E-state index is -9.84. The average molecular weight is 690 g/mol. The highest BCUT2D eigenvalue weighted by molar-refractivity contribution is 8.45. The summed E-state index contributed by atoms with van der Waals surface area (Å²) in [6, 6.07) is 3.31. The molecule has 0 amide bonds. The average Bonchev–Trinajstić information content (AvgIpc) is 3.24. The predicted octanol–water partition coefficient (Wildman–Crippen LogP) is 10.8. The lowest BCUT2D eigenvalue weighted by atomic mass is 9.69. The lowest BCUT2D eigenvalue weighted by Crippen LogP contribution is -2.45. The van der Waals surface area contributed by atoms with Gasteiger partial charge in [-0.3, -0.25) is 4.98 Å². The molecule has 1 aromatic carbocycles. The number of ether oxygens (including phenoxy) is 3. The van der Waals surface area contributed by atoms with E-state index in [1.165, 1.54) is 0 Å². The molecule has 2 fully saturated rings. The van der Waals surface area contributed by atoms with Crippen molar-refractivity contribution < 1.29 is 38.1 Å². The Hall–Kier alpha value is -1.57. The molecule has 3 aliphatic heterocycles. The summed E-state index contributed by atoms with van der Waals surface area (Å²) in [5.74, 6) is 0.0719. The summed E-state index contributed by atoms with van der Waals surface area (Å²) in [7, 11) is -12.1. The molecule has 0 saturated carbocycles. The van der Waals surface area contributed by atoms with Crippen LogP contribution in [-0.4, -0.2) is 39.7 Å². The third-order valence-corrected chi connectivity index (χ3v) is 16.6. The molecule has 0 unspecified atom stereocenters. The van der Waals surface area contributed by atoms with E-state index in [1.54, 1.807) is 0 Å². The van der Waals surface area contributed by atoms with Crippen molar-refractivity contribution in [3.05, 3.63) is 57.9 Å². The highest BCUT2D eigenvalue weighted by Crippen LogP contribution is 3.02. The van der Waals surface area contributed by atoms with E-state index in [0.29, 0.717) is 57.0 Å². The first-order chi connectivity index (χ1) is 21.0. The Morgan fingerprint density at radius 2 is 1.48 bits per heavy atom. The summed E-state index contributed by atoms with van der Waals surface area (Å²) >= 11 is 0. The van der Waals surface area contributed by atoms with Crippen molar-refractivity contribution in [2.45, 2.75) is 120 Å². The van der Waals surface area contributed by atoms with E-state index in [0.717, 1.165) is 65.9 Å². The second-order valence-corrected chi connectivity index (χ2v) is 23.3. The summed E-state index contributed by atoms with van der Waals surface area (Å²) in [5, 5.41) is -0.0343. The molecule has 2 atom stereocenters. The molecular weight excluding hydrogens is 642 g/mol. The van der Waals surface area contributed by atoms with Crippen LogP contribution in [0, 0.1) is 5.41 Å². The van der Waals surface area contributed by atoms with Gasteiger partial charge in [-0.2, -0.15) is 0 Å². The van der Waals surface area contributed by atoms with E-state index in [4.69, 9.17) is 23.6 Å². The van der Waals surface area contributed by atoms with Gasteiger partial charge in [0, 0.05) is 68.1 Å². The number of fused-ring (bicyclic) bond motifs is 4. The molecule has 1 aromatic heterocycles. The van der Waals surface area contributed by atoms with Gasteiger partial charge < -0.3 is 18.6 Å². The number of pyridine rings is 1. The number of rotatable bonds is 5. The summed E-state index contributed by atoms with van der Waals surface area (Å²) in [6.07, 6.45) is 3.23. The zero-order valence-corrected chi connectivity index (χ0v) is 29.8. The highest BCUT2D eigenvalue weighted by Gasteiger charge is 2.65. The largest absolute Gasteiger partial charge is 0.559 e. The van der Waals surface area contributed by atoms with Crippen LogP contribution in [0.25, 0.3) is 0 Å². The molecular formula is C34H48F5NO4SSi-. The Bertz CT molecular complexity index is 1500. The van der Waals surface area contributed by atoms with E-state index in [2.05, 4.69) is 47.7 Å². The first-order valence-electron chi connectivity index (χ1n) is 16.4. The predicted molar refractivity (Wildman–Crippen MR) is 173 cm³/mol. The molecule has 46 heavy (non-hydrogen) atoms. The maximum absolute atomic E-state index is 13.7. The summed E-state index contributed by atoms with van der Waals surface area (Å²) < 4.78 is 94.5. The molecule has 4 aliphatic rings. The van der Waals surface area contributed by atoms with E-state index < -0.39 is 35.1 Å². The van der Waals surface area contributed by atoms with Crippen molar-refractivity contribution in [2.75, 3.05) is 26.4 Å². The van der Waals surface area contributed by atoms with Crippen LogP contribution in [0.1, 0.15) is 118 Å². The van der Waals surface area contributed by atoms with Crippen LogP contribution in [0.15, 0.2) is 29.2 Å². The Balaban J connectivity index is 1.60. The molecule has 1 aliphatic carbocycles. The van der Waals surface area contributed by atoms with Crippen molar-refractivity contribution in [2.24, 2.45) is 5.41 Å². The third-order valence-electron chi connectivity index (χ3n) is 10.9. The van der Waals surface area contributed by atoms with Gasteiger partial charge in [0.15, 0.2) is 0 Å². The van der Waals surface area contributed by atoms with Gasteiger partial charge in [-0.25, -0.2) is 0 Å². The van der Waals surface area contributed by atoms with Crippen LogP contribution in [0.4, 0.5) is 19.4 Å². The molecule has 2 aromatic rings. The lowest BCUT2D eigenvalue weighted by Gasteiger charge is -2.53. The molecule has 1 spiro atoms. The minimum absolute atomic E-state index is 0.0343. The number of aromatic nitrogens is 1. The Morgan fingerprint density at radius 3 is 2.04 bits per heavy atom.